The second-order valence-electron chi connectivity index (χ2n) is 3.90. The van der Waals surface area contributed by atoms with Gasteiger partial charge in [0.1, 0.15) is 11.3 Å². The molecular formula is C14H9ClN2O2. The maximum absolute atomic E-state index is 9.96. The zero-order valence-electron chi connectivity index (χ0n) is 9.75. The Morgan fingerprint density at radius 2 is 1.68 bits per heavy atom. The molecule has 0 fully saturated rings. The van der Waals surface area contributed by atoms with E-state index in [1.54, 1.807) is 36.4 Å². The summed E-state index contributed by atoms with van der Waals surface area (Å²) in [5.74, 6) is 0.0486. The summed E-state index contributed by atoms with van der Waals surface area (Å²) in [4.78, 5) is 0. The van der Waals surface area contributed by atoms with Gasteiger partial charge in [-0.05, 0) is 24.3 Å². The van der Waals surface area contributed by atoms with E-state index in [4.69, 9.17) is 16.0 Å². The average molecular weight is 273 g/mol. The number of para-hydroxylation sites is 1. The minimum atomic E-state index is -0.0218. The van der Waals surface area contributed by atoms with Gasteiger partial charge in [-0.15, -0.1) is 10.2 Å². The molecule has 0 amide bonds. The van der Waals surface area contributed by atoms with E-state index in [0.29, 0.717) is 21.7 Å². The van der Waals surface area contributed by atoms with Crippen molar-refractivity contribution in [2.24, 2.45) is 10.2 Å². The Labute approximate surface area is 114 Å². The summed E-state index contributed by atoms with van der Waals surface area (Å²) in [5.41, 5.74) is 1.08. The molecule has 0 aliphatic heterocycles. The fourth-order valence-corrected chi connectivity index (χ4v) is 1.89. The normalized spacial score (nSPS) is 11.4. The van der Waals surface area contributed by atoms with Crippen LogP contribution in [0.4, 0.5) is 11.6 Å². The fourth-order valence-electron chi connectivity index (χ4n) is 1.72. The lowest BCUT2D eigenvalue weighted by Gasteiger charge is -1.93. The predicted molar refractivity (Wildman–Crippen MR) is 73.5 cm³/mol. The van der Waals surface area contributed by atoms with E-state index < -0.39 is 0 Å². The molecule has 3 rings (SSSR count). The summed E-state index contributed by atoms with van der Waals surface area (Å²) in [6.07, 6.45) is 0. The first-order valence-corrected chi connectivity index (χ1v) is 6.00. The maximum Gasteiger partial charge on any atom is 0.282 e. The average Bonchev–Trinajstić information content (AvgIpc) is 2.75. The number of hydrogen-bond acceptors (Lipinski definition) is 4. The number of halogens is 1. The van der Waals surface area contributed by atoms with Crippen molar-refractivity contribution in [1.29, 1.82) is 0 Å². The van der Waals surface area contributed by atoms with Crippen molar-refractivity contribution in [1.82, 2.24) is 0 Å². The van der Waals surface area contributed by atoms with Crippen LogP contribution in [0.2, 0.25) is 5.02 Å². The van der Waals surface area contributed by atoms with Crippen LogP contribution >= 0.6 is 11.6 Å². The van der Waals surface area contributed by atoms with Gasteiger partial charge in [0.25, 0.3) is 5.88 Å². The Morgan fingerprint density at radius 1 is 0.947 bits per heavy atom. The molecule has 2 aromatic carbocycles. The lowest BCUT2D eigenvalue weighted by Crippen LogP contribution is -1.65. The highest BCUT2D eigenvalue weighted by molar-refractivity contribution is 6.32. The first-order chi connectivity index (χ1) is 9.25. The quantitative estimate of drug-likeness (QED) is 0.651. The van der Waals surface area contributed by atoms with Crippen LogP contribution in [0, 0.1) is 0 Å². The van der Waals surface area contributed by atoms with Gasteiger partial charge in [-0.1, -0.05) is 35.9 Å². The summed E-state index contributed by atoms with van der Waals surface area (Å²) in [6.45, 7) is 0. The van der Waals surface area contributed by atoms with Crippen LogP contribution in [0.5, 0.6) is 5.75 Å². The summed E-state index contributed by atoms with van der Waals surface area (Å²) >= 11 is 5.96. The minimum absolute atomic E-state index is 0.0218. The third-order valence-corrected chi connectivity index (χ3v) is 2.97. The van der Waals surface area contributed by atoms with Gasteiger partial charge in [0, 0.05) is 0 Å². The number of fused-ring (bicyclic) bond motifs is 1. The second kappa shape index (κ2) is 4.74. The molecule has 0 saturated heterocycles. The van der Waals surface area contributed by atoms with Crippen molar-refractivity contribution >= 4 is 34.1 Å². The number of azo groups is 1. The molecule has 0 atom stereocenters. The molecule has 94 valence electrons. The molecule has 0 unspecified atom stereocenters. The van der Waals surface area contributed by atoms with Crippen molar-refractivity contribution in [3.05, 3.63) is 53.6 Å². The zero-order valence-corrected chi connectivity index (χ0v) is 10.5. The number of benzene rings is 2. The first-order valence-electron chi connectivity index (χ1n) is 5.62. The topological polar surface area (TPSA) is 58.1 Å². The van der Waals surface area contributed by atoms with Crippen LogP contribution in [0.3, 0.4) is 0 Å². The lowest BCUT2D eigenvalue weighted by atomic mass is 10.2. The third-order valence-electron chi connectivity index (χ3n) is 2.65. The fraction of sp³-hybridized carbons (Fsp3) is 0. The largest absolute Gasteiger partial charge is 0.503 e. The Hall–Kier alpha value is -2.33. The van der Waals surface area contributed by atoms with Crippen LogP contribution in [0.1, 0.15) is 0 Å². The molecule has 0 saturated carbocycles. The predicted octanol–water partition coefficient (Wildman–Crippen LogP) is 5.21. The van der Waals surface area contributed by atoms with Crippen molar-refractivity contribution in [2.45, 2.75) is 0 Å². The van der Waals surface area contributed by atoms with Crippen LogP contribution in [0.15, 0.2) is 63.2 Å². The number of rotatable bonds is 2. The van der Waals surface area contributed by atoms with Gasteiger partial charge in [0.05, 0.1) is 10.4 Å². The molecule has 4 nitrogen and oxygen atoms in total. The van der Waals surface area contributed by atoms with E-state index in [0.717, 1.165) is 0 Å². The van der Waals surface area contributed by atoms with Gasteiger partial charge in [-0.3, -0.25) is 0 Å². The van der Waals surface area contributed by atoms with Crippen molar-refractivity contribution in [3.8, 4) is 5.75 Å². The Bertz CT molecular complexity index is 765. The number of furan rings is 1. The lowest BCUT2D eigenvalue weighted by molar-refractivity contribution is 0.468. The van der Waals surface area contributed by atoms with Gasteiger partial charge >= 0.3 is 0 Å². The smallest absolute Gasteiger partial charge is 0.282 e. The SMILES string of the molecule is Oc1c(N=Nc2ccccc2Cl)oc2ccccc12. The van der Waals surface area contributed by atoms with E-state index >= 15 is 0 Å². The highest BCUT2D eigenvalue weighted by Gasteiger charge is 2.11. The zero-order chi connectivity index (χ0) is 13.2. The van der Waals surface area contributed by atoms with Gasteiger partial charge in [0.15, 0.2) is 5.75 Å². The minimum Gasteiger partial charge on any atom is -0.503 e. The molecule has 19 heavy (non-hydrogen) atoms. The van der Waals surface area contributed by atoms with E-state index in [1.165, 1.54) is 0 Å². The van der Waals surface area contributed by atoms with Gasteiger partial charge in [-0.2, -0.15) is 0 Å². The summed E-state index contributed by atoms with van der Waals surface area (Å²) in [5, 5.41) is 18.9. The van der Waals surface area contributed by atoms with E-state index in [-0.39, 0.29) is 11.6 Å². The Morgan fingerprint density at radius 3 is 2.47 bits per heavy atom. The molecular weight excluding hydrogens is 264 g/mol. The molecule has 0 spiro atoms. The van der Waals surface area contributed by atoms with E-state index in [2.05, 4.69) is 10.2 Å². The van der Waals surface area contributed by atoms with Crippen molar-refractivity contribution < 1.29 is 9.52 Å². The third kappa shape index (κ3) is 2.18. The maximum atomic E-state index is 9.96. The molecule has 0 aliphatic carbocycles. The molecule has 1 N–H and O–H groups in total. The van der Waals surface area contributed by atoms with Crippen molar-refractivity contribution in [2.75, 3.05) is 0 Å². The standard InChI is InChI=1S/C14H9ClN2O2/c15-10-6-2-3-7-11(10)16-17-14-13(18)9-5-1-4-8-12(9)19-14/h1-8,18H. The number of aromatic hydroxyl groups is 1. The van der Waals surface area contributed by atoms with E-state index in [9.17, 15) is 5.11 Å². The van der Waals surface area contributed by atoms with Crippen molar-refractivity contribution in [3.63, 3.8) is 0 Å². The highest BCUT2D eigenvalue weighted by Crippen LogP contribution is 2.39. The summed E-state index contributed by atoms with van der Waals surface area (Å²) in [6, 6.07) is 14.2. The van der Waals surface area contributed by atoms with Crippen LogP contribution in [0.25, 0.3) is 11.0 Å². The number of nitrogens with zero attached hydrogens (tertiary/aromatic N) is 2. The number of hydrogen-bond donors (Lipinski definition) is 1. The van der Waals surface area contributed by atoms with Crippen LogP contribution < -0.4 is 0 Å². The monoisotopic (exact) mass is 272 g/mol. The second-order valence-corrected chi connectivity index (χ2v) is 4.31. The molecule has 5 heteroatoms. The van der Waals surface area contributed by atoms with E-state index in [1.807, 2.05) is 12.1 Å². The Kier molecular flexibility index (Phi) is 2.93. The van der Waals surface area contributed by atoms with Crippen LogP contribution in [-0.4, -0.2) is 5.11 Å². The molecule has 0 radical (unpaired) electrons. The van der Waals surface area contributed by atoms with Crippen LogP contribution in [-0.2, 0) is 0 Å². The molecule has 1 aromatic heterocycles. The molecule has 1 heterocycles. The molecule has 0 bridgehead atoms. The molecule has 0 aliphatic rings. The summed E-state index contributed by atoms with van der Waals surface area (Å²) < 4.78 is 5.41. The van der Waals surface area contributed by atoms with Gasteiger partial charge < -0.3 is 9.52 Å². The van der Waals surface area contributed by atoms with Gasteiger partial charge in [-0.25, -0.2) is 0 Å². The molecule has 3 aromatic rings. The highest BCUT2D eigenvalue weighted by atomic mass is 35.5. The Balaban J connectivity index is 2.02. The van der Waals surface area contributed by atoms with Gasteiger partial charge in [0.2, 0.25) is 0 Å². The summed E-state index contributed by atoms with van der Waals surface area (Å²) in [7, 11) is 0. The first kappa shape index (κ1) is 11.7.